The first-order valence-electron chi connectivity index (χ1n) is 8.82. The number of rotatable bonds is 3. The van der Waals surface area contributed by atoms with Gasteiger partial charge in [-0.1, -0.05) is 23.2 Å². The molecule has 0 spiro atoms. The summed E-state index contributed by atoms with van der Waals surface area (Å²) in [6.07, 6.45) is 6.29. The van der Waals surface area contributed by atoms with Gasteiger partial charge in [0, 0.05) is 44.9 Å². The summed E-state index contributed by atoms with van der Waals surface area (Å²) in [5.41, 5.74) is 5.10. The molecular formula is C18H16Cl2N8O4. The van der Waals surface area contributed by atoms with Crippen LogP contribution in [0.3, 0.4) is 0 Å². The van der Waals surface area contributed by atoms with E-state index < -0.39 is 10.5 Å². The fraction of sp³-hybridized carbons (Fsp3) is 0.111. The molecule has 166 valence electrons. The average molecular weight is 479 g/mol. The Bertz CT molecular complexity index is 1390. The van der Waals surface area contributed by atoms with Gasteiger partial charge >= 0.3 is 5.69 Å². The molecule has 12 nitrogen and oxygen atoms in total. The minimum Gasteiger partial charge on any atom is -0.396 e. The Morgan fingerprint density at radius 2 is 1.38 bits per heavy atom. The Kier molecular flexibility index (Phi) is 6.46. The second kappa shape index (κ2) is 9.08. The second-order valence-electron chi connectivity index (χ2n) is 6.36. The normalized spacial score (nSPS) is 10.5. The topological polar surface area (TPSA) is 149 Å². The van der Waals surface area contributed by atoms with Crippen LogP contribution in [-0.4, -0.2) is 33.6 Å². The monoisotopic (exact) mass is 478 g/mol. The predicted molar refractivity (Wildman–Crippen MR) is 119 cm³/mol. The van der Waals surface area contributed by atoms with E-state index in [0.29, 0.717) is 11.5 Å². The highest BCUT2D eigenvalue weighted by Crippen LogP contribution is 2.22. The van der Waals surface area contributed by atoms with Crippen molar-refractivity contribution in [2.45, 2.75) is 0 Å². The fourth-order valence-electron chi connectivity index (χ4n) is 2.87. The van der Waals surface area contributed by atoms with Gasteiger partial charge in [0.1, 0.15) is 10.0 Å². The molecule has 0 aliphatic rings. The lowest BCUT2D eigenvalue weighted by molar-refractivity contribution is -0.385. The molecule has 0 saturated heterocycles. The van der Waals surface area contributed by atoms with Crippen molar-refractivity contribution in [1.29, 1.82) is 0 Å². The highest BCUT2D eigenvalue weighted by atomic mass is 35.5. The molecule has 4 aromatic heterocycles. The summed E-state index contributed by atoms with van der Waals surface area (Å²) in [5.74, 6) is 0.573. The first kappa shape index (κ1) is 22.8. The smallest absolute Gasteiger partial charge is 0.313 e. The van der Waals surface area contributed by atoms with Gasteiger partial charge in [0.25, 0.3) is 11.1 Å². The molecule has 2 N–H and O–H groups in total. The molecule has 0 aromatic carbocycles. The molecule has 0 aliphatic carbocycles. The van der Waals surface area contributed by atoms with E-state index in [2.05, 4.69) is 10.2 Å². The van der Waals surface area contributed by atoms with Crippen LogP contribution in [0.2, 0.25) is 10.0 Å². The van der Waals surface area contributed by atoms with Crippen molar-refractivity contribution in [3.63, 3.8) is 0 Å². The Balaban J connectivity index is 0.000000182. The Morgan fingerprint density at radius 1 is 0.906 bits per heavy atom. The number of nitrogens with two attached hydrogens (primary N) is 1. The predicted octanol–water partition coefficient (Wildman–Crippen LogP) is 1.94. The van der Waals surface area contributed by atoms with Crippen LogP contribution in [0, 0.1) is 10.1 Å². The third-order valence-corrected chi connectivity index (χ3v) is 4.87. The van der Waals surface area contributed by atoms with Crippen molar-refractivity contribution in [2.24, 2.45) is 14.1 Å². The minimum atomic E-state index is -0.609. The number of anilines is 1. The van der Waals surface area contributed by atoms with E-state index in [0.717, 1.165) is 10.6 Å². The van der Waals surface area contributed by atoms with Crippen molar-refractivity contribution < 1.29 is 4.92 Å². The molecule has 0 fully saturated rings. The highest BCUT2D eigenvalue weighted by molar-refractivity contribution is 6.31. The molecule has 14 heteroatoms. The third kappa shape index (κ3) is 4.26. The summed E-state index contributed by atoms with van der Waals surface area (Å²) < 4.78 is 5.22. The summed E-state index contributed by atoms with van der Waals surface area (Å²) >= 11 is 11.3. The van der Waals surface area contributed by atoms with Gasteiger partial charge in [-0.2, -0.15) is 10.2 Å². The standard InChI is InChI=1S/C9H7ClN4O3.C9H9ClN4O/c1-12-8(13-4-2-3-11-13)7(14(16)17)5-6(10)9(12)15;1-13-8(14-4-2-3-12-14)7(11)5-6(10)9(13)15/h2-5H,1H3;2-5H,11H2,1H3. The Hall–Kier alpha value is -3.90. The zero-order chi connectivity index (χ0) is 23.6. The van der Waals surface area contributed by atoms with E-state index in [1.54, 1.807) is 31.6 Å². The quantitative estimate of drug-likeness (QED) is 0.349. The van der Waals surface area contributed by atoms with E-state index in [-0.39, 0.29) is 27.1 Å². The first-order chi connectivity index (χ1) is 15.1. The van der Waals surface area contributed by atoms with Gasteiger partial charge in [0.15, 0.2) is 5.82 Å². The van der Waals surface area contributed by atoms with Gasteiger partial charge in [-0.3, -0.25) is 28.8 Å². The second-order valence-corrected chi connectivity index (χ2v) is 7.17. The number of hydrogen-bond acceptors (Lipinski definition) is 7. The third-order valence-electron chi connectivity index (χ3n) is 4.33. The molecule has 0 aliphatic heterocycles. The SMILES string of the molecule is Cn1c(-n2cccn2)c(N)cc(Cl)c1=O.Cn1c(-n2cccn2)c([N+](=O)[O-])cc(Cl)c1=O. The van der Waals surface area contributed by atoms with Crippen LogP contribution in [0.4, 0.5) is 11.4 Å². The van der Waals surface area contributed by atoms with Gasteiger partial charge in [0.05, 0.1) is 10.6 Å². The van der Waals surface area contributed by atoms with Crippen LogP contribution >= 0.6 is 23.2 Å². The van der Waals surface area contributed by atoms with Crippen molar-refractivity contribution in [1.82, 2.24) is 28.7 Å². The molecule has 0 unspecified atom stereocenters. The Labute approximate surface area is 189 Å². The lowest BCUT2D eigenvalue weighted by Gasteiger charge is -2.11. The molecule has 32 heavy (non-hydrogen) atoms. The number of nitrogens with zero attached hydrogens (tertiary/aromatic N) is 7. The summed E-state index contributed by atoms with van der Waals surface area (Å²) in [6.45, 7) is 0. The van der Waals surface area contributed by atoms with E-state index in [1.807, 2.05) is 0 Å². The van der Waals surface area contributed by atoms with Crippen LogP contribution in [0.25, 0.3) is 11.6 Å². The highest BCUT2D eigenvalue weighted by Gasteiger charge is 2.22. The van der Waals surface area contributed by atoms with Crippen LogP contribution in [0.5, 0.6) is 0 Å². The van der Waals surface area contributed by atoms with E-state index in [1.165, 1.54) is 39.4 Å². The average Bonchev–Trinajstić information content (AvgIpc) is 3.45. The van der Waals surface area contributed by atoms with Crippen LogP contribution in [0.15, 0.2) is 58.6 Å². The largest absolute Gasteiger partial charge is 0.396 e. The van der Waals surface area contributed by atoms with Gasteiger partial charge in [-0.25, -0.2) is 9.36 Å². The van der Waals surface area contributed by atoms with Crippen LogP contribution < -0.4 is 16.9 Å². The van der Waals surface area contributed by atoms with Crippen molar-refractivity contribution in [3.05, 3.63) is 89.9 Å². The molecule has 0 atom stereocenters. The molecule has 0 saturated carbocycles. The number of halogens is 2. The van der Waals surface area contributed by atoms with Gasteiger partial charge in [-0.15, -0.1) is 0 Å². The number of hydrogen-bond donors (Lipinski definition) is 1. The van der Waals surface area contributed by atoms with Gasteiger partial charge < -0.3 is 5.73 Å². The maximum absolute atomic E-state index is 11.6. The molecule has 0 bridgehead atoms. The van der Waals surface area contributed by atoms with E-state index >= 15 is 0 Å². The zero-order valence-corrected chi connectivity index (χ0v) is 18.2. The van der Waals surface area contributed by atoms with Crippen molar-refractivity contribution in [3.8, 4) is 11.6 Å². The molecule has 4 heterocycles. The molecule has 4 rings (SSSR count). The van der Waals surface area contributed by atoms with Crippen molar-refractivity contribution >= 4 is 34.6 Å². The molecule has 4 aromatic rings. The lowest BCUT2D eigenvalue weighted by atomic mass is 10.3. The molecule has 0 radical (unpaired) electrons. The van der Waals surface area contributed by atoms with Crippen molar-refractivity contribution in [2.75, 3.05) is 5.73 Å². The number of pyridine rings is 2. The number of nitro groups is 1. The molecular weight excluding hydrogens is 463 g/mol. The summed E-state index contributed by atoms with van der Waals surface area (Å²) in [4.78, 5) is 33.5. The van der Waals surface area contributed by atoms with E-state index in [4.69, 9.17) is 28.9 Å². The number of aromatic nitrogens is 6. The van der Waals surface area contributed by atoms with Gasteiger partial charge in [0.2, 0.25) is 5.82 Å². The molecule has 0 amide bonds. The van der Waals surface area contributed by atoms with Gasteiger partial charge in [-0.05, 0) is 18.2 Å². The minimum absolute atomic E-state index is 0.0643. The lowest BCUT2D eigenvalue weighted by Crippen LogP contribution is -2.23. The summed E-state index contributed by atoms with van der Waals surface area (Å²) in [6, 6.07) is 5.81. The number of nitrogen functional groups attached to an aromatic ring is 1. The van der Waals surface area contributed by atoms with Crippen LogP contribution in [0.1, 0.15) is 0 Å². The first-order valence-corrected chi connectivity index (χ1v) is 9.58. The van der Waals surface area contributed by atoms with Crippen LogP contribution in [-0.2, 0) is 14.1 Å². The van der Waals surface area contributed by atoms with E-state index in [9.17, 15) is 19.7 Å². The summed E-state index contributed by atoms with van der Waals surface area (Å²) in [5, 5.41) is 18.7. The summed E-state index contributed by atoms with van der Waals surface area (Å²) in [7, 11) is 3.00. The zero-order valence-electron chi connectivity index (χ0n) is 16.7. The Morgan fingerprint density at radius 3 is 1.84 bits per heavy atom. The maximum Gasteiger partial charge on any atom is 0.313 e. The fourth-order valence-corrected chi connectivity index (χ4v) is 3.34. The maximum atomic E-state index is 11.6.